The molecule has 3 rings (SSSR count). The standard InChI is InChI=1S/C17H16ClN3O/c1-11-7-15-16(8-12(11)2)21(10-19-15)9-17(22)20-14-6-4-3-5-13(14)18/h3-8,10H,9H2,1-2H3,(H,20,22). The molecule has 4 nitrogen and oxygen atoms in total. The number of amides is 1. The molecule has 1 amide bonds. The fourth-order valence-corrected chi connectivity index (χ4v) is 2.53. The van der Waals surface area contributed by atoms with E-state index in [1.807, 2.05) is 22.8 Å². The van der Waals surface area contributed by atoms with E-state index in [9.17, 15) is 4.79 Å². The molecule has 5 heteroatoms. The van der Waals surface area contributed by atoms with E-state index in [1.165, 1.54) is 11.1 Å². The third-order valence-corrected chi connectivity index (χ3v) is 4.03. The highest BCUT2D eigenvalue weighted by atomic mass is 35.5. The molecule has 0 radical (unpaired) electrons. The summed E-state index contributed by atoms with van der Waals surface area (Å²) in [6.45, 7) is 4.30. The molecule has 0 aliphatic rings. The van der Waals surface area contributed by atoms with Gasteiger partial charge in [-0.15, -0.1) is 0 Å². The second kappa shape index (κ2) is 5.81. The van der Waals surface area contributed by atoms with E-state index in [0.29, 0.717) is 10.7 Å². The van der Waals surface area contributed by atoms with Crippen molar-refractivity contribution in [2.24, 2.45) is 0 Å². The molecule has 0 aliphatic heterocycles. The van der Waals surface area contributed by atoms with Crippen molar-refractivity contribution < 1.29 is 4.79 Å². The summed E-state index contributed by atoms with van der Waals surface area (Å²) in [7, 11) is 0. The summed E-state index contributed by atoms with van der Waals surface area (Å²) < 4.78 is 1.84. The molecule has 0 atom stereocenters. The fraction of sp³-hybridized carbons (Fsp3) is 0.176. The van der Waals surface area contributed by atoms with Gasteiger partial charge in [-0.3, -0.25) is 4.79 Å². The van der Waals surface area contributed by atoms with Crippen LogP contribution >= 0.6 is 11.6 Å². The Morgan fingerprint density at radius 3 is 2.73 bits per heavy atom. The Kier molecular flexibility index (Phi) is 3.86. The lowest BCUT2D eigenvalue weighted by Gasteiger charge is -2.08. The monoisotopic (exact) mass is 313 g/mol. The van der Waals surface area contributed by atoms with E-state index in [1.54, 1.807) is 18.5 Å². The number of hydrogen-bond acceptors (Lipinski definition) is 2. The number of para-hydroxylation sites is 1. The summed E-state index contributed by atoms with van der Waals surface area (Å²) >= 11 is 6.05. The molecular formula is C17H16ClN3O. The number of rotatable bonds is 3. The molecule has 22 heavy (non-hydrogen) atoms. The second-order valence-electron chi connectivity index (χ2n) is 5.33. The summed E-state index contributed by atoms with van der Waals surface area (Å²) in [6.07, 6.45) is 1.69. The first-order chi connectivity index (χ1) is 10.5. The van der Waals surface area contributed by atoms with E-state index in [0.717, 1.165) is 11.0 Å². The van der Waals surface area contributed by atoms with Crippen LogP contribution in [0.15, 0.2) is 42.7 Å². The molecule has 1 heterocycles. The van der Waals surface area contributed by atoms with Crippen LogP contribution in [0, 0.1) is 13.8 Å². The smallest absolute Gasteiger partial charge is 0.244 e. The number of fused-ring (bicyclic) bond motifs is 1. The molecule has 1 N–H and O–H groups in total. The van der Waals surface area contributed by atoms with Crippen molar-refractivity contribution in [2.45, 2.75) is 20.4 Å². The number of carbonyl (C=O) groups excluding carboxylic acids is 1. The Morgan fingerprint density at radius 1 is 1.23 bits per heavy atom. The maximum atomic E-state index is 12.2. The number of benzene rings is 2. The van der Waals surface area contributed by atoms with Crippen LogP contribution in [0.3, 0.4) is 0 Å². The van der Waals surface area contributed by atoms with Crippen LogP contribution < -0.4 is 5.32 Å². The van der Waals surface area contributed by atoms with Crippen molar-refractivity contribution in [2.75, 3.05) is 5.32 Å². The summed E-state index contributed by atoms with van der Waals surface area (Å²) in [6, 6.07) is 11.3. The lowest BCUT2D eigenvalue weighted by molar-refractivity contribution is -0.116. The first kappa shape index (κ1) is 14.6. The highest BCUT2D eigenvalue weighted by molar-refractivity contribution is 6.33. The SMILES string of the molecule is Cc1cc2ncn(CC(=O)Nc3ccccc3Cl)c2cc1C. The van der Waals surface area contributed by atoms with Gasteiger partial charge in [0.05, 0.1) is 28.1 Å². The van der Waals surface area contributed by atoms with Gasteiger partial charge in [0, 0.05) is 0 Å². The second-order valence-corrected chi connectivity index (χ2v) is 5.73. The summed E-state index contributed by atoms with van der Waals surface area (Å²) in [5.41, 5.74) is 4.84. The van der Waals surface area contributed by atoms with Crippen molar-refractivity contribution >= 4 is 34.2 Å². The zero-order valence-electron chi connectivity index (χ0n) is 12.4. The Bertz CT molecular complexity index is 854. The Hall–Kier alpha value is -2.33. The van der Waals surface area contributed by atoms with Gasteiger partial charge in [-0.2, -0.15) is 0 Å². The largest absolute Gasteiger partial charge is 0.323 e. The number of nitrogens with one attached hydrogen (secondary N) is 1. The lowest BCUT2D eigenvalue weighted by atomic mass is 10.1. The molecule has 3 aromatic rings. The van der Waals surface area contributed by atoms with Crippen molar-refractivity contribution in [3.63, 3.8) is 0 Å². The van der Waals surface area contributed by atoms with Gasteiger partial charge in [0.25, 0.3) is 0 Å². The maximum absolute atomic E-state index is 12.2. The summed E-state index contributed by atoms with van der Waals surface area (Å²) in [5, 5.41) is 3.35. The maximum Gasteiger partial charge on any atom is 0.244 e. The number of carbonyl (C=O) groups is 1. The van der Waals surface area contributed by atoms with Gasteiger partial charge in [-0.05, 0) is 49.2 Å². The fourth-order valence-electron chi connectivity index (χ4n) is 2.35. The molecule has 0 saturated carbocycles. The third-order valence-electron chi connectivity index (χ3n) is 3.70. The highest BCUT2D eigenvalue weighted by Gasteiger charge is 2.10. The predicted molar refractivity (Wildman–Crippen MR) is 89.3 cm³/mol. The third kappa shape index (κ3) is 2.83. The zero-order valence-corrected chi connectivity index (χ0v) is 13.2. The van der Waals surface area contributed by atoms with Crippen molar-refractivity contribution in [1.82, 2.24) is 9.55 Å². The Balaban J connectivity index is 1.83. The molecule has 0 fully saturated rings. The topological polar surface area (TPSA) is 46.9 Å². The number of nitrogens with zero attached hydrogens (tertiary/aromatic N) is 2. The zero-order chi connectivity index (χ0) is 15.7. The average molecular weight is 314 g/mol. The molecule has 0 aliphatic carbocycles. The van der Waals surface area contributed by atoms with Gasteiger partial charge in [-0.1, -0.05) is 23.7 Å². The summed E-state index contributed by atoms with van der Waals surface area (Å²) in [5.74, 6) is -0.134. The van der Waals surface area contributed by atoms with Crippen LogP contribution in [0.25, 0.3) is 11.0 Å². The molecule has 112 valence electrons. The van der Waals surface area contributed by atoms with Gasteiger partial charge in [0.1, 0.15) is 6.54 Å². The Labute approximate surface area is 133 Å². The van der Waals surface area contributed by atoms with Crippen LogP contribution in [-0.2, 0) is 11.3 Å². The van der Waals surface area contributed by atoms with Gasteiger partial charge in [0.15, 0.2) is 0 Å². The molecule has 0 bridgehead atoms. The highest BCUT2D eigenvalue weighted by Crippen LogP contribution is 2.21. The van der Waals surface area contributed by atoms with E-state index < -0.39 is 0 Å². The molecule has 0 saturated heterocycles. The molecule has 0 unspecified atom stereocenters. The number of halogens is 1. The van der Waals surface area contributed by atoms with Crippen LogP contribution in [0.1, 0.15) is 11.1 Å². The van der Waals surface area contributed by atoms with E-state index >= 15 is 0 Å². The number of imidazole rings is 1. The van der Waals surface area contributed by atoms with Crippen LogP contribution in [0.5, 0.6) is 0 Å². The normalized spacial score (nSPS) is 10.9. The summed E-state index contributed by atoms with van der Waals surface area (Å²) in [4.78, 5) is 16.6. The predicted octanol–water partition coefficient (Wildman–Crippen LogP) is 3.95. The number of anilines is 1. The molecular weight excluding hydrogens is 298 g/mol. The van der Waals surface area contributed by atoms with Gasteiger partial charge in [-0.25, -0.2) is 4.98 Å². The van der Waals surface area contributed by atoms with Gasteiger partial charge < -0.3 is 9.88 Å². The minimum atomic E-state index is -0.134. The van der Waals surface area contributed by atoms with Crippen LogP contribution in [0.2, 0.25) is 5.02 Å². The van der Waals surface area contributed by atoms with Gasteiger partial charge >= 0.3 is 0 Å². The Morgan fingerprint density at radius 2 is 1.95 bits per heavy atom. The van der Waals surface area contributed by atoms with Crippen molar-refractivity contribution in [3.05, 3.63) is 58.9 Å². The number of hydrogen-bond donors (Lipinski definition) is 1. The number of aromatic nitrogens is 2. The van der Waals surface area contributed by atoms with E-state index in [2.05, 4.69) is 30.2 Å². The first-order valence-corrected chi connectivity index (χ1v) is 7.39. The minimum Gasteiger partial charge on any atom is -0.323 e. The van der Waals surface area contributed by atoms with E-state index in [-0.39, 0.29) is 12.5 Å². The molecule has 1 aromatic heterocycles. The molecule has 0 spiro atoms. The average Bonchev–Trinajstić information content (AvgIpc) is 2.84. The quantitative estimate of drug-likeness (QED) is 0.796. The molecule has 2 aromatic carbocycles. The van der Waals surface area contributed by atoms with E-state index in [4.69, 9.17) is 11.6 Å². The van der Waals surface area contributed by atoms with Crippen molar-refractivity contribution in [1.29, 1.82) is 0 Å². The van der Waals surface area contributed by atoms with Crippen LogP contribution in [-0.4, -0.2) is 15.5 Å². The first-order valence-electron chi connectivity index (χ1n) is 7.01. The van der Waals surface area contributed by atoms with Crippen LogP contribution in [0.4, 0.5) is 5.69 Å². The number of aryl methyl sites for hydroxylation is 2. The van der Waals surface area contributed by atoms with Gasteiger partial charge in [0.2, 0.25) is 5.91 Å². The lowest BCUT2D eigenvalue weighted by Crippen LogP contribution is -2.18. The minimum absolute atomic E-state index is 0.134. The van der Waals surface area contributed by atoms with Crippen molar-refractivity contribution in [3.8, 4) is 0 Å².